The SMILES string of the molecule is CCc1c(SC)c(SC)c(CC)c2c1SSS2. The molecule has 0 amide bonds. The van der Waals surface area contributed by atoms with E-state index in [0.717, 1.165) is 12.8 Å². The second-order valence-electron chi connectivity index (χ2n) is 3.62. The molecule has 0 unspecified atom stereocenters. The lowest BCUT2D eigenvalue weighted by Gasteiger charge is -2.18. The molecule has 1 aromatic rings. The van der Waals surface area contributed by atoms with Gasteiger partial charge in [-0.15, -0.1) is 23.5 Å². The van der Waals surface area contributed by atoms with Crippen molar-refractivity contribution in [2.24, 2.45) is 0 Å². The molecule has 0 N–H and O–H groups in total. The van der Waals surface area contributed by atoms with Crippen LogP contribution in [0.15, 0.2) is 19.6 Å². The fourth-order valence-electron chi connectivity index (χ4n) is 2.09. The summed E-state index contributed by atoms with van der Waals surface area (Å²) in [6.45, 7) is 4.55. The third-order valence-electron chi connectivity index (χ3n) is 2.86. The Morgan fingerprint density at radius 3 is 1.53 bits per heavy atom. The third kappa shape index (κ3) is 2.50. The number of hydrogen-bond donors (Lipinski definition) is 0. The van der Waals surface area contributed by atoms with Gasteiger partial charge in [0.15, 0.2) is 0 Å². The molecular weight excluding hydrogens is 304 g/mol. The van der Waals surface area contributed by atoms with Gasteiger partial charge in [-0.1, -0.05) is 13.8 Å². The lowest BCUT2D eigenvalue weighted by Crippen LogP contribution is -1.99. The molecule has 0 spiro atoms. The second-order valence-corrected chi connectivity index (χ2v) is 9.18. The zero-order valence-electron chi connectivity index (χ0n) is 10.5. The average molecular weight is 321 g/mol. The maximum atomic E-state index is 2.28. The summed E-state index contributed by atoms with van der Waals surface area (Å²) in [6, 6.07) is 0. The molecule has 0 aliphatic carbocycles. The Labute approximate surface area is 124 Å². The summed E-state index contributed by atoms with van der Waals surface area (Å²) < 4.78 is 0. The lowest BCUT2D eigenvalue weighted by atomic mass is 10.1. The number of benzene rings is 1. The Balaban J connectivity index is 2.74. The minimum absolute atomic E-state index is 1.14. The Kier molecular flexibility index (Phi) is 5.43. The topological polar surface area (TPSA) is 0 Å². The third-order valence-corrected chi connectivity index (χ3v) is 8.84. The van der Waals surface area contributed by atoms with Gasteiger partial charge < -0.3 is 0 Å². The fraction of sp³-hybridized carbons (Fsp3) is 0.500. The molecule has 0 aromatic heterocycles. The van der Waals surface area contributed by atoms with Gasteiger partial charge in [0.1, 0.15) is 0 Å². The fourth-order valence-corrected chi connectivity index (χ4v) is 9.29. The first-order valence-electron chi connectivity index (χ1n) is 5.59. The van der Waals surface area contributed by atoms with E-state index in [0.29, 0.717) is 0 Å². The van der Waals surface area contributed by atoms with Gasteiger partial charge in [-0.25, -0.2) is 0 Å². The first-order chi connectivity index (χ1) is 8.28. The van der Waals surface area contributed by atoms with Crippen LogP contribution in [0.1, 0.15) is 25.0 Å². The number of fused-ring (bicyclic) bond motifs is 1. The van der Waals surface area contributed by atoms with E-state index in [1.54, 1.807) is 20.9 Å². The molecule has 0 bridgehead atoms. The van der Waals surface area contributed by atoms with Crippen molar-refractivity contribution in [2.75, 3.05) is 12.5 Å². The number of hydrogen-bond acceptors (Lipinski definition) is 5. The summed E-state index contributed by atoms with van der Waals surface area (Å²) in [5.74, 6) is 0. The van der Waals surface area contributed by atoms with Crippen LogP contribution >= 0.6 is 54.9 Å². The molecule has 1 heterocycles. The van der Waals surface area contributed by atoms with Gasteiger partial charge in [0.25, 0.3) is 0 Å². The highest BCUT2D eigenvalue weighted by Gasteiger charge is 2.26. The standard InChI is InChI=1S/C12H16S5/c1-5-7-9(13-3)10(14-4)8(6-2)12-11(7)15-17-16-12/h5-6H2,1-4H3. The molecule has 1 aliphatic rings. The molecule has 0 saturated heterocycles. The molecule has 0 nitrogen and oxygen atoms in total. The van der Waals surface area contributed by atoms with Gasteiger partial charge >= 0.3 is 0 Å². The monoisotopic (exact) mass is 320 g/mol. The van der Waals surface area contributed by atoms with Crippen LogP contribution in [-0.4, -0.2) is 12.5 Å². The van der Waals surface area contributed by atoms with E-state index in [-0.39, 0.29) is 0 Å². The lowest BCUT2D eigenvalue weighted by molar-refractivity contribution is 0.880. The highest BCUT2D eigenvalue weighted by molar-refractivity contribution is 9.10. The Morgan fingerprint density at radius 1 is 0.824 bits per heavy atom. The molecule has 0 fully saturated rings. The van der Waals surface area contributed by atoms with Gasteiger partial charge in [0, 0.05) is 19.6 Å². The highest BCUT2D eigenvalue weighted by atomic mass is 33.5. The van der Waals surface area contributed by atoms with E-state index >= 15 is 0 Å². The van der Waals surface area contributed by atoms with Crippen LogP contribution in [0.3, 0.4) is 0 Å². The van der Waals surface area contributed by atoms with Crippen molar-refractivity contribution in [3.8, 4) is 0 Å². The Morgan fingerprint density at radius 2 is 1.24 bits per heavy atom. The Bertz CT molecular complexity index is 389. The minimum Gasteiger partial charge on any atom is -0.128 e. The maximum Gasteiger partial charge on any atom is 0.0382 e. The molecule has 94 valence electrons. The quantitative estimate of drug-likeness (QED) is 0.490. The van der Waals surface area contributed by atoms with Gasteiger partial charge in [-0.2, -0.15) is 0 Å². The molecule has 0 atom stereocenters. The first-order valence-corrected chi connectivity index (χ1v) is 11.5. The van der Waals surface area contributed by atoms with Crippen molar-refractivity contribution >= 4 is 54.9 Å². The predicted molar refractivity (Wildman–Crippen MR) is 88.1 cm³/mol. The van der Waals surface area contributed by atoms with E-state index in [4.69, 9.17) is 0 Å². The summed E-state index contributed by atoms with van der Waals surface area (Å²) in [5, 5.41) is 0. The van der Waals surface area contributed by atoms with Crippen LogP contribution in [0.5, 0.6) is 0 Å². The predicted octanol–water partition coefficient (Wildman–Crippen LogP) is 6.02. The van der Waals surface area contributed by atoms with E-state index in [2.05, 4.69) is 26.4 Å². The normalized spacial score (nSPS) is 14.1. The number of thioether (sulfide) groups is 2. The highest BCUT2D eigenvalue weighted by Crippen LogP contribution is 2.60. The average Bonchev–Trinajstić information content (AvgIpc) is 2.84. The van der Waals surface area contributed by atoms with Crippen molar-refractivity contribution < 1.29 is 0 Å². The van der Waals surface area contributed by atoms with Crippen molar-refractivity contribution in [3.63, 3.8) is 0 Å². The largest absolute Gasteiger partial charge is 0.128 e. The van der Waals surface area contributed by atoms with E-state index < -0.39 is 0 Å². The van der Waals surface area contributed by atoms with E-state index in [9.17, 15) is 0 Å². The van der Waals surface area contributed by atoms with Crippen LogP contribution < -0.4 is 0 Å². The molecule has 5 heteroatoms. The summed E-state index contributed by atoms with van der Waals surface area (Å²) in [6.07, 6.45) is 6.70. The van der Waals surface area contributed by atoms with Crippen molar-refractivity contribution in [3.05, 3.63) is 11.1 Å². The van der Waals surface area contributed by atoms with Crippen LogP contribution in [0.2, 0.25) is 0 Å². The minimum atomic E-state index is 1.14. The molecule has 0 saturated carbocycles. The van der Waals surface area contributed by atoms with Crippen LogP contribution in [0, 0.1) is 0 Å². The molecular formula is C12H16S5. The van der Waals surface area contributed by atoms with Gasteiger partial charge in [0.05, 0.1) is 0 Å². The number of rotatable bonds is 4. The zero-order valence-corrected chi connectivity index (χ0v) is 14.5. The van der Waals surface area contributed by atoms with Gasteiger partial charge in [-0.05, 0) is 67.9 Å². The molecule has 1 aromatic carbocycles. The maximum absolute atomic E-state index is 2.28. The second kappa shape index (κ2) is 6.42. The molecule has 17 heavy (non-hydrogen) atoms. The Hall–Kier alpha value is 0.970. The van der Waals surface area contributed by atoms with E-state index in [1.165, 1.54) is 9.79 Å². The smallest absolute Gasteiger partial charge is 0.0382 e. The van der Waals surface area contributed by atoms with Crippen LogP contribution in [0.4, 0.5) is 0 Å². The first kappa shape index (κ1) is 14.4. The van der Waals surface area contributed by atoms with Gasteiger partial charge in [-0.3, -0.25) is 0 Å². The summed E-state index contributed by atoms with van der Waals surface area (Å²) >= 11 is 3.83. The van der Waals surface area contributed by atoms with Crippen molar-refractivity contribution in [2.45, 2.75) is 46.3 Å². The van der Waals surface area contributed by atoms with Gasteiger partial charge in [0.2, 0.25) is 0 Å². The van der Waals surface area contributed by atoms with E-state index in [1.807, 2.05) is 54.9 Å². The summed E-state index contributed by atoms with van der Waals surface area (Å²) in [4.78, 5) is 6.13. The van der Waals surface area contributed by atoms with Crippen LogP contribution in [0.25, 0.3) is 0 Å². The zero-order chi connectivity index (χ0) is 12.4. The van der Waals surface area contributed by atoms with Crippen LogP contribution in [-0.2, 0) is 12.8 Å². The summed E-state index contributed by atoms with van der Waals surface area (Å²) in [5.41, 5.74) is 3.13. The summed E-state index contributed by atoms with van der Waals surface area (Å²) in [7, 11) is 5.82. The molecule has 2 rings (SSSR count). The van der Waals surface area contributed by atoms with Crippen molar-refractivity contribution in [1.82, 2.24) is 0 Å². The molecule has 0 radical (unpaired) electrons. The molecule has 1 aliphatic heterocycles. The van der Waals surface area contributed by atoms with Crippen molar-refractivity contribution in [1.29, 1.82) is 0 Å².